The molecule has 1 rings (SSSR count). The fraction of sp³-hybridized carbons (Fsp3) is 0.500. The van der Waals surface area contributed by atoms with Gasteiger partial charge in [-0.15, -0.1) is 0 Å². The Morgan fingerprint density at radius 2 is 2.18 bits per heavy atom. The Morgan fingerprint density at radius 1 is 1.47 bits per heavy atom. The molecule has 0 saturated carbocycles. The molecule has 1 aromatic rings. The predicted molar refractivity (Wildman–Crippen MR) is 63.3 cm³/mol. The van der Waals surface area contributed by atoms with E-state index in [0.29, 0.717) is 6.54 Å². The zero-order chi connectivity index (χ0) is 12.8. The number of hydrogen-bond acceptors (Lipinski definition) is 2. The van der Waals surface area contributed by atoms with Crippen LogP contribution in [0.15, 0.2) is 18.3 Å². The van der Waals surface area contributed by atoms with Gasteiger partial charge >= 0.3 is 5.97 Å². The van der Waals surface area contributed by atoms with E-state index in [1.54, 1.807) is 6.92 Å². The first kappa shape index (κ1) is 13.3. The van der Waals surface area contributed by atoms with Crippen molar-refractivity contribution in [1.29, 1.82) is 0 Å². The standard InChI is InChI=1S/C12H18N2O3/c1-9(7-12(16)17)6-11(15)13-8-10-4-3-5-14(10)2/h3-5,9H,6-8H2,1-2H3,(H,13,15)(H,16,17). The molecule has 1 atom stereocenters. The second-order valence-electron chi connectivity index (χ2n) is 4.29. The molecule has 0 saturated heterocycles. The van der Waals surface area contributed by atoms with Crippen molar-refractivity contribution in [2.75, 3.05) is 0 Å². The summed E-state index contributed by atoms with van der Waals surface area (Å²) in [5.41, 5.74) is 1.02. The highest BCUT2D eigenvalue weighted by atomic mass is 16.4. The molecular weight excluding hydrogens is 220 g/mol. The average molecular weight is 238 g/mol. The second-order valence-corrected chi connectivity index (χ2v) is 4.29. The maximum Gasteiger partial charge on any atom is 0.303 e. The van der Waals surface area contributed by atoms with Crippen LogP contribution < -0.4 is 5.32 Å². The van der Waals surface area contributed by atoms with Crippen LogP contribution in [-0.2, 0) is 23.2 Å². The fourth-order valence-corrected chi connectivity index (χ4v) is 1.63. The molecule has 5 heteroatoms. The third-order valence-corrected chi connectivity index (χ3v) is 2.57. The summed E-state index contributed by atoms with van der Waals surface area (Å²) >= 11 is 0. The minimum absolute atomic E-state index is 0.0254. The van der Waals surface area contributed by atoms with Gasteiger partial charge in [-0.25, -0.2) is 0 Å². The van der Waals surface area contributed by atoms with Crippen molar-refractivity contribution in [1.82, 2.24) is 9.88 Å². The van der Waals surface area contributed by atoms with Gasteiger partial charge in [-0.05, 0) is 18.1 Å². The number of carbonyl (C=O) groups is 2. The maximum atomic E-state index is 11.5. The molecule has 0 aliphatic carbocycles. The Balaban J connectivity index is 2.30. The minimum atomic E-state index is -0.868. The van der Waals surface area contributed by atoms with Gasteiger partial charge in [-0.2, -0.15) is 0 Å². The molecule has 0 spiro atoms. The van der Waals surface area contributed by atoms with Crippen molar-refractivity contribution in [3.8, 4) is 0 Å². The number of hydrogen-bond donors (Lipinski definition) is 2. The van der Waals surface area contributed by atoms with E-state index in [9.17, 15) is 9.59 Å². The van der Waals surface area contributed by atoms with Crippen LogP contribution in [0.1, 0.15) is 25.5 Å². The number of aliphatic carboxylic acids is 1. The number of nitrogens with zero attached hydrogens (tertiary/aromatic N) is 1. The zero-order valence-electron chi connectivity index (χ0n) is 10.1. The second kappa shape index (κ2) is 6.08. The van der Waals surface area contributed by atoms with Crippen molar-refractivity contribution >= 4 is 11.9 Å². The quantitative estimate of drug-likeness (QED) is 0.780. The Morgan fingerprint density at radius 3 is 2.71 bits per heavy atom. The molecule has 0 radical (unpaired) electrons. The van der Waals surface area contributed by atoms with E-state index in [4.69, 9.17) is 5.11 Å². The molecule has 94 valence electrons. The number of aryl methyl sites for hydroxylation is 1. The van der Waals surface area contributed by atoms with Gasteiger partial charge in [0.15, 0.2) is 0 Å². The minimum Gasteiger partial charge on any atom is -0.481 e. The van der Waals surface area contributed by atoms with E-state index in [1.807, 2.05) is 29.9 Å². The Bertz CT molecular complexity index is 398. The van der Waals surface area contributed by atoms with Crippen LogP contribution in [-0.4, -0.2) is 21.6 Å². The van der Waals surface area contributed by atoms with E-state index in [0.717, 1.165) is 5.69 Å². The number of carboxylic acids is 1. The molecule has 1 unspecified atom stereocenters. The summed E-state index contributed by atoms with van der Waals surface area (Å²) in [6.07, 6.45) is 2.18. The van der Waals surface area contributed by atoms with Gasteiger partial charge < -0.3 is 15.0 Å². The third-order valence-electron chi connectivity index (χ3n) is 2.57. The van der Waals surface area contributed by atoms with Gasteiger partial charge in [0.25, 0.3) is 0 Å². The summed E-state index contributed by atoms with van der Waals surface area (Å²) in [6.45, 7) is 2.23. The van der Waals surface area contributed by atoms with Crippen LogP contribution in [0, 0.1) is 5.92 Å². The van der Waals surface area contributed by atoms with Gasteiger partial charge in [0.2, 0.25) is 5.91 Å². The van der Waals surface area contributed by atoms with E-state index in [2.05, 4.69) is 5.32 Å². The zero-order valence-corrected chi connectivity index (χ0v) is 10.1. The maximum absolute atomic E-state index is 11.5. The first-order chi connectivity index (χ1) is 7.99. The molecule has 17 heavy (non-hydrogen) atoms. The molecule has 1 aromatic heterocycles. The largest absolute Gasteiger partial charge is 0.481 e. The van der Waals surface area contributed by atoms with Crippen LogP contribution in [0.5, 0.6) is 0 Å². The molecule has 0 fully saturated rings. The lowest BCUT2D eigenvalue weighted by molar-refractivity contribution is -0.138. The summed E-state index contributed by atoms with van der Waals surface area (Å²) in [7, 11) is 1.91. The molecule has 2 N–H and O–H groups in total. The van der Waals surface area contributed by atoms with Gasteiger partial charge in [-0.1, -0.05) is 6.92 Å². The Hall–Kier alpha value is -1.78. The molecule has 0 aromatic carbocycles. The van der Waals surface area contributed by atoms with Crippen molar-refractivity contribution in [2.24, 2.45) is 13.0 Å². The SMILES string of the molecule is CC(CC(=O)O)CC(=O)NCc1cccn1C. The van der Waals surface area contributed by atoms with Crippen molar-refractivity contribution in [3.63, 3.8) is 0 Å². The van der Waals surface area contributed by atoms with E-state index in [-0.39, 0.29) is 24.7 Å². The van der Waals surface area contributed by atoms with Gasteiger partial charge in [0, 0.05) is 31.8 Å². The number of carbonyl (C=O) groups excluding carboxylic acids is 1. The molecule has 0 bridgehead atoms. The first-order valence-corrected chi connectivity index (χ1v) is 5.57. The molecule has 1 heterocycles. The normalized spacial score (nSPS) is 12.1. The van der Waals surface area contributed by atoms with E-state index >= 15 is 0 Å². The van der Waals surface area contributed by atoms with Gasteiger partial charge in [-0.3, -0.25) is 9.59 Å². The number of carboxylic acid groups (broad SMARTS) is 1. The lowest BCUT2D eigenvalue weighted by atomic mass is 10.0. The first-order valence-electron chi connectivity index (χ1n) is 5.57. The Labute approximate surface area is 100 Å². The molecule has 5 nitrogen and oxygen atoms in total. The fourth-order valence-electron chi connectivity index (χ4n) is 1.63. The number of aromatic nitrogens is 1. The molecular formula is C12H18N2O3. The number of nitrogens with one attached hydrogen (secondary N) is 1. The predicted octanol–water partition coefficient (Wildman–Crippen LogP) is 1.14. The highest BCUT2D eigenvalue weighted by Gasteiger charge is 2.12. The molecule has 1 amide bonds. The number of rotatable bonds is 6. The van der Waals surface area contributed by atoms with Crippen LogP contribution in [0.4, 0.5) is 0 Å². The van der Waals surface area contributed by atoms with Gasteiger partial charge in [0.05, 0.1) is 6.54 Å². The highest BCUT2D eigenvalue weighted by Crippen LogP contribution is 2.07. The molecule has 0 aliphatic heterocycles. The summed E-state index contributed by atoms with van der Waals surface area (Å²) in [4.78, 5) is 22.0. The van der Waals surface area contributed by atoms with Crippen molar-refractivity contribution in [3.05, 3.63) is 24.0 Å². The van der Waals surface area contributed by atoms with Crippen molar-refractivity contribution < 1.29 is 14.7 Å². The van der Waals surface area contributed by atoms with E-state index in [1.165, 1.54) is 0 Å². The number of amides is 1. The van der Waals surface area contributed by atoms with Crippen LogP contribution in [0.25, 0.3) is 0 Å². The summed E-state index contributed by atoms with van der Waals surface area (Å²) in [5, 5.41) is 11.4. The van der Waals surface area contributed by atoms with Gasteiger partial charge in [0.1, 0.15) is 0 Å². The van der Waals surface area contributed by atoms with Crippen molar-refractivity contribution in [2.45, 2.75) is 26.3 Å². The summed E-state index contributed by atoms with van der Waals surface area (Å²) < 4.78 is 1.93. The summed E-state index contributed by atoms with van der Waals surface area (Å²) in [5.74, 6) is -1.12. The molecule has 0 aliphatic rings. The van der Waals surface area contributed by atoms with E-state index < -0.39 is 5.97 Å². The smallest absolute Gasteiger partial charge is 0.303 e. The van der Waals surface area contributed by atoms with Crippen LogP contribution in [0.3, 0.4) is 0 Å². The Kier molecular flexibility index (Phi) is 4.75. The lowest BCUT2D eigenvalue weighted by Gasteiger charge is -2.09. The van der Waals surface area contributed by atoms with Crippen LogP contribution in [0.2, 0.25) is 0 Å². The van der Waals surface area contributed by atoms with Crippen LogP contribution >= 0.6 is 0 Å². The third kappa shape index (κ3) is 4.72. The monoisotopic (exact) mass is 238 g/mol. The lowest BCUT2D eigenvalue weighted by Crippen LogP contribution is -2.26. The topological polar surface area (TPSA) is 71.3 Å². The summed E-state index contributed by atoms with van der Waals surface area (Å²) in [6, 6.07) is 3.84. The highest BCUT2D eigenvalue weighted by molar-refractivity contribution is 5.77. The average Bonchev–Trinajstić information content (AvgIpc) is 2.59.